The van der Waals surface area contributed by atoms with Crippen molar-refractivity contribution in [3.63, 3.8) is 0 Å². The Morgan fingerprint density at radius 3 is 2.83 bits per heavy atom. The number of carbonyl (C=O) groups excluding carboxylic acids is 1. The average Bonchev–Trinajstić information content (AvgIpc) is 2.96. The highest BCUT2D eigenvalue weighted by Gasteiger charge is 2.27. The highest BCUT2D eigenvalue weighted by atomic mass is 16.4. The summed E-state index contributed by atoms with van der Waals surface area (Å²) in [6.45, 7) is 2.62. The van der Waals surface area contributed by atoms with Crippen molar-refractivity contribution in [2.45, 2.75) is 13.3 Å². The second-order valence-electron chi connectivity index (χ2n) is 5.82. The van der Waals surface area contributed by atoms with E-state index in [1.807, 2.05) is 31.2 Å². The fraction of sp³-hybridized carbons (Fsp3) is 0.158. The van der Waals surface area contributed by atoms with Gasteiger partial charge in [-0.3, -0.25) is 4.79 Å². The zero-order valence-electron chi connectivity index (χ0n) is 12.7. The van der Waals surface area contributed by atoms with E-state index in [1.54, 1.807) is 23.1 Å². The van der Waals surface area contributed by atoms with Gasteiger partial charge in [0.25, 0.3) is 5.91 Å². The molecule has 3 aromatic rings. The molecule has 2 heterocycles. The lowest BCUT2D eigenvalue weighted by molar-refractivity contribution is 0.0986. The highest BCUT2D eigenvalue weighted by molar-refractivity contribution is 6.08. The smallest absolute Gasteiger partial charge is 0.349 e. The maximum absolute atomic E-state index is 12.8. The van der Waals surface area contributed by atoms with E-state index in [-0.39, 0.29) is 11.5 Å². The zero-order valence-corrected chi connectivity index (χ0v) is 12.7. The molecule has 4 rings (SSSR count). The van der Waals surface area contributed by atoms with Crippen molar-refractivity contribution in [3.05, 3.63) is 75.6 Å². The molecule has 0 fully saturated rings. The van der Waals surface area contributed by atoms with Gasteiger partial charge in [-0.05, 0) is 37.1 Å². The molecule has 1 aliphatic rings. The summed E-state index contributed by atoms with van der Waals surface area (Å²) in [4.78, 5) is 26.7. The summed E-state index contributed by atoms with van der Waals surface area (Å²) in [5, 5.41) is 0.749. The van der Waals surface area contributed by atoms with Gasteiger partial charge in [-0.2, -0.15) is 0 Å². The van der Waals surface area contributed by atoms with Crippen LogP contribution in [0, 0.1) is 6.92 Å². The summed E-state index contributed by atoms with van der Waals surface area (Å²) in [5.41, 5.74) is 3.18. The molecule has 23 heavy (non-hydrogen) atoms. The predicted octanol–water partition coefficient (Wildman–Crippen LogP) is 3.30. The number of rotatable bonds is 1. The minimum absolute atomic E-state index is 0.0807. The Balaban J connectivity index is 1.79. The van der Waals surface area contributed by atoms with Crippen LogP contribution in [0.1, 0.15) is 21.5 Å². The van der Waals surface area contributed by atoms with Gasteiger partial charge in [-0.25, -0.2) is 4.79 Å². The van der Waals surface area contributed by atoms with Crippen molar-refractivity contribution in [1.29, 1.82) is 0 Å². The molecule has 1 amide bonds. The van der Waals surface area contributed by atoms with E-state index < -0.39 is 5.63 Å². The second-order valence-corrected chi connectivity index (χ2v) is 5.82. The van der Waals surface area contributed by atoms with Crippen LogP contribution in [0.3, 0.4) is 0 Å². The summed E-state index contributed by atoms with van der Waals surface area (Å²) in [6.07, 6.45) is 0.807. The zero-order chi connectivity index (χ0) is 16.0. The van der Waals surface area contributed by atoms with Crippen molar-refractivity contribution in [2.24, 2.45) is 0 Å². The Morgan fingerprint density at radius 1 is 1.13 bits per heavy atom. The number of aryl methyl sites for hydroxylation is 1. The molecule has 4 heteroatoms. The Kier molecular flexibility index (Phi) is 3.05. The minimum atomic E-state index is -0.589. The molecule has 1 aliphatic heterocycles. The fourth-order valence-corrected chi connectivity index (χ4v) is 3.10. The van der Waals surface area contributed by atoms with Crippen molar-refractivity contribution in [3.8, 4) is 0 Å². The van der Waals surface area contributed by atoms with Gasteiger partial charge in [0.05, 0.1) is 0 Å². The first-order valence-electron chi connectivity index (χ1n) is 7.58. The third-order valence-electron chi connectivity index (χ3n) is 4.25. The lowest BCUT2D eigenvalue weighted by Crippen LogP contribution is -2.32. The Labute approximate surface area is 133 Å². The lowest BCUT2D eigenvalue weighted by Gasteiger charge is -2.17. The number of fused-ring (bicyclic) bond motifs is 2. The minimum Gasteiger partial charge on any atom is -0.422 e. The van der Waals surface area contributed by atoms with Crippen molar-refractivity contribution in [1.82, 2.24) is 0 Å². The normalized spacial score (nSPS) is 13.3. The molecule has 0 atom stereocenters. The molecule has 0 spiro atoms. The topological polar surface area (TPSA) is 50.5 Å². The van der Waals surface area contributed by atoms with Crippen molar-refractivity contribution >= 4 is 22.6 Å². The first-order chi connectivity index (χ1) is 11.1. The first-order valence-corrected chi connectivity index (χ1v) is 7.58. The number of carbonyl (C=O) groups is 1. The highest BCUT2D eigenvalue weighted by Crippen LogP contribution is 2.30. The van der Waals surface area contributed by atoms with E-state index in [9.17, 15) is 9.59 Å². The maximum atomic E-state index is 12.8. The molecule has 1 aromatic heterocycles. The molecule has 0 bridgehead atoms. The fourth-order valence-electron chi connectivity index (χ4n) is 3.10. The summed E-state index contributed by atoms with van der Waals surface area (Å²) in [6, 6.07) is 14.8. The van der Waals surface area contributed by atoms with Crippen LogP contribution in [0.4, 0.5) is 5.69 Å². The van der Waals surface area contributed by atoms with E-state index in [0.717, 1.165) is 23.1 Å². The Morgan fingerprint density at radius 2 is 1.96 bits per heavy atom. The molecular weight excluding hydrogens is 290 g/mol. The van der Waals surface area contributed by atoms with Crippen molar-refractivity contribution in [2.75, 3.05) is 11.4 Å². The molecule has 0 saturated carbocycles. The number of hydrogen-bond donors (Lipinski definition) is 0. The van der Waals surface area contributed by atoms with Crippen LogP contribution in [0.5, 0.6) is 0 Å². The van der Waals surface area contributed by atoms with E-state index in [0.29, 0.717) is 12.1 Å². The van der Waals surface area contributed by atoms with Crippen LogP contribution >= 0.6 is 0 Å². The number of amides is 1. The quantitative estimate of drug-likeness (QED) is 0.648. The first kappa shape index (κ1) is 13.8. The van der Waals surface area contributed by atoms with Crippen LogP contribution in [-0.4, -0.2) is 12.5 Å². The number of benzene rings is 2. The van der Waals surface area contributed by atoms with E-state index in [2.05, 4.69) is 6.07 Å². The van der Waals surface area contributed by atoms with Gasteiger partial charge in [-0.1, -0.05) is 35.9 Å². The second kappa shape index (κ2) is 5.09. The third-order valence-corrected chi connectivity index (χ3v) is 4.25. The molecule has 4 nitrogen and oxygen atoms in total. The van der Waals surface area contributed by atoms with E-state index >= 15 is 0 Å². The van der Waals surface area contributed by atoms with Gasteiger partial charge in [0, 0.05) is 17.6 Å². The van der Waals surface area contributed by atoms with Crippen LogP contribution < -0.4 is 10.5 Å². The number of hydrogen-bond acceptors (Lipinski definition) is 3. The van der Waals surface area contributed by atoms with Gasteiger partial charge >= 0.3 is 5.63 Å². The molecule has 0 radical (unpaired) electrons. The SMILES string of the molecule is Cc1ccc2c(c1)CCN2C(=O)c1cc2ccccc2oc1=O. The van der Waals surface area contributed by atoms with Gasteiger partial charge in [-0.15, -0.1) is 0 Å². The molecule has 0 aliphatic carbocycles. The average molecular weight is 305 g/mol. The number of nitrogens with zero attached hydrogens (tertiary/aromatic N) is 1. The molecule has 2 aromatic carbocycles. The van der Waals surface area contributed by atoms with Crippen LogP contribution in [0.2, 0.25) is 0 Å². The largest absolute Gasteiger partial charge is 0.422 e. The maximum Gasteiger partial charge on any atom is 0.349 e. The molecule has 0 N–H and O–H groups in total. The molecule has 114 valence electrons. The van der Waals surface area contributed by atoms with Crippen LogP contribution in [0.25, 0.3) is 11.0 Å². The van der Waals surface area contributed by atoms with E-state index in [1.165, 1.54) is 5.56 Å². The van der Waals surface area contributed by atoms with Crippen LogP contribution in [0.15, 0.2) is 57.7 Å². The number of para-hydroxylation sites is 1. The summed E-state index contributed by atoms with van der Waals surface area (Å²) in [5.74, 6) is -0.299. The van der Waals surface area contributed by atoms with Gasteiger partial charge < -0.3 is 9.32 Å². The van der Waals surface area contributed by atoms with E-state index in [4.69, 9.17) is 4.42 Å². The Bertz CT molecular complexity index is 987. The van der Waals surface area contributed by atoms with Gasteiger partial charge in [0.1, 0.15) is 11.1 Å². The monoisotopic (exact) mass is 305 g/mol. The predicted molar refractivity (Wildman–Crippen MR) is 89.0 cm³/mol. The van der Waals surface area contributed by atoms with Crippen LogP contribution in [-0.2, 0) is 6.42 Å². The molecule has 0 saturated heterocycles. The summed E-state index contributed by atoms with van der Waals surface area (Å²) >= 11 is 0. The third kappa shape index (κ3) is 2.23. The summed E-state index contributed by atoms with van der Waals surface area (Å²) in [7, 11) is 0. The standard InChI is InChI=1S/C19H15NO3/c1-12-6-7-16-13(10-12)8-9-20(16)18(21)15-11-14-4-2-3-5-17(14)23-19(15)22/h2-7,10-11H,8-9H2,1H3. The van der Waals surface area contributed by atoms with Crippen molar-refractivity contribution < 1.29 is 9.21 Å². The summed E-state index contributed by atoms with van der Waals surface area (Å²) < 4.78 is 5.28. The van der Waals surface area contributed by atoms with Gasteiger partial charge in [0.2, 0.25) is 0 Å². The van der Waals surface area contributed by atoms with Gasteiger partial charge in [0.15, 0.2) is 0 Å². The lowest BCUT2D eigenvalue weighted by atomic mass is 10.1. The molecular formula is C19H15NO3. The Hall–Kier alpha value is -2.88. The molecule has 0 unspecified atom stereocenters. The number of anilines is 1.